The van der Waals surface area contributed by atoms with Crippen molar-refractivity contribution in [3.8, 4) is 0 Å². The molecule has 45 heavy (non-hydrogen) atoms. The van der Waals surface area contributed by atoms with Crippen LogP contribution in [0.2, 0.25) is 0 Å². The van der Waals surface area contributed by atoms with E-state index in [1.165, 1.54) is 0 Å². The summed E-state index contributed by atoms with van der Waals surface area (Å²) in [6.45, 7) is 6.96. The summed E-state index contributed by atoms with van der Waals surface area (Å²) in [5.41, 5.74) is 22.5. The number of carbonyl (C=O) groups is 5. The number of aliphatic hydroxyl groups is 1. The number of aliphatic hydroxyl groups excluding tert-OH is 1. The molecule has 1 aromatic rings. The third-order valence-electron chi connectivity index (χ3n) is 6.60. The van der Waals surface area contributed by atoms with Crippen LogP contribution in [0.1, 0.15) is 58.9 Å². The Labute approximate surface area is 264 Å². The van der Waals surface area contributed by atoms with E-state index < -0.39 is 66.5 Å². The first-order valence-corrected chi connectivity index (χ1v) is 15.0. The molecule has 0 radical (unpaired) electrons. The maximum atomic E-state index is 13.5. The van der Waals surface area contributed by atoms with Gasteiger partial charge in [0.25, 0.3) is 5.91 Å². The van der Waals surface area contributed by atoms with Gasteiger partial charge in [-0.1, -0.05) is 58.0 Å². The summed E-state index contributed by atoms with van der Waals surface area (Å²) in [7, 11) is 0. The van der Waals surface area contributed by atoms with E-state index in [4.69, 9.17) is 27.7 Å². The minimum absolute atomic E-state index is 0.0374. The standard InChI is InChI=1S/C30H50N8O7/c1-17(2)13-22(27(42)36-21(25(32)40)11-8-12-35-30(33)34)37-28(43)24(14-18(3)4)45-29(44)23(38-26(41)20(31)16-39)15-19-9-6-5-7-10-19/h5-7,9-10,17-18,20-24,39H,8,11-16,31H2,1-4H3,(H2,32,40)(H,36,42)(H,37,43)(H,38,41)(H4,33,34,35)/t20-,21-,22-,23-,24-/m0/s1. The van der Waals surface area contributed by atoms with Crippen LogP contribution >= 0.6 is 0 Å². The molecule has 0 bridgehead atoms. The Morgan fingerprint density at radius 1 is 0.822 bits per heavy atom. The highest BCUT2D eigenvalue weighted by molar-refractivity contribution is 5.93. The highest BCUT2D eigenvalue weighted by Gasteiger charge is 2.33. The largest absolute Gasteiger partial charge is 0.451 e. The minimum Gasteiger partial charge on any atom is -0.451 e. The van der Waals surface area contributed by atoms with Crippen LogP contribution in [0.5, 0.6) is 0 Å². The van der Waals surface area contributed by atoms with Crippen LogP contribution in [0.4, 0.5) is 0 Å². The van der Waals surface area contributed by atoms with Crippen molar-refractivity contribution < 1.29 is 33.8 Å². The van der Waals surface area contributed by atoms with E-state index in [-0.39, 0.29) is 50.0 Å². The molecule has 1 aromatic carbocycles. The van der Waals surface area contributed by atoms with E-state index in [1.807, 2.05) is 27.7 Å². The number of hydrogen-bond acceptors (Lipinski definition) is 9. The average Bonchev–Trinajstić information content (AvgIpc) is 2.96. The van der Waals surface area contributed by atoms with Gasteiger partial charge in [0.1, 0.15) is 24.2 Å². The predicted molar refractivity (Wildman–Crippen MR) is 169 cm³/mol. The number of nitrogens with one attached hydrogen (secondary N) is 3. The second-order valence-corrected chi connectivity index (χ2v) is 11.7. The molecule has 0 fully saturated rings. The first-order valence-electron chi connectivity index (χ1n) is 15.0. The third kappa shape index (κ3) is 15.4. The van der Waals surface area contributed by atoms with E-state index in [0.717, 1.165) is 0 Å². The third-order valence-corrected chi connectivity index (χ3v) is 6.60. The summed E-state index contributed by atoms with van der Waals surface area (Å²) in [5.74, 6) is -4.02. The molecule has 1 rings (SSSR count). The molecular weight excluding hydrogens is 584 g/mol. The van der Waals surface area contributed by atoms with Gasteiger partial charge < -0.3 is 48.7 Å². The summed E-state index contributed by atoms with van der Waals surface area (Å²) in [6.07, 6.45) is -0.412. The molecule has 0 aromatic heterocycles. The Morgan fingerprint density at radius 2 is 1.40 bits per heavy atom. The minimum atomic E-state index is -1.31. The predicted octanol–water partition coefficient (Wildman–Crippen LogP) is -1.45. The van der Waals surface area contributed by atoms with E-state index >= 15 is 0 Å². The van der Waals surface area contributed by atoms with E-state index in [1.54, 1.807) is 30.3 Å². The lowest BCUT2D eigenvalue weighted by Crippen LogP contribution is -2.56. The molecule has 0 aliphatic heterocycles. The number of nitrogens with two attached hydrogens (primary N) is 4. The zero-order valence-electron chi connectivity index (χ0n) is 26.5. The molecule has 0 aliphatic rings. The van der Waals surface area contributed by atoms with Crippen molar-refractivity contribution in [1.82, 2.24) is 16.0 Å². The summed E-state index contributed by atoms with van der Waals surface area (Å²) in [5, 5.41) is 17.0. The fourth-order valence-electron chi connectivity index (χ4n) is 4.29. The lowest BCUT2D eigenvalue weighted by atomic mass is 10.0. The molecule has 15 heteroatoms. The molecule has 0 unspecified atom stereocenters. The van der Waals surface area contributed by atoms with Crippen LogP contribution in [0.3, 0.4) is 0 Å². The number of primary amides is 1. The lowest BCUT2D eigenvalue weighted by Gasteiger charge is -2.27. The van der Waals surface area contributed by atoms with Gasteiger partial charge in [-0.05, 0) is 43.1 Å². The van der Waals surface area contributed by atoms with Gasteiger partial charge in [-0.25, -0.2) is 4.79 Å². The zero-order chi connectivity index (χ0) is 34.1. The Hall–Kier alpha value is -4.24. The lowest BCUT2D eigenvalue weighted by molar-refractivity contribution is -0.160. The van der Waals surface area contributed by atoms with Crippen LogP contribution in [0, 0.1) is 11.8 Å². The number of amides is 4. The summed E-state index contributed by atoms with van der Waals surface area (Å²) >= 11 is 0. The number of nitrogens with zero attached hydrogens (tertiary/aromatic N) is 1. The van der Waals surface area contributed by atoms with Gasteiger partial charge in [-0.15, -0.1) is 0 Å². The fraction of sp³-hybridized carbons (Fsp3) is 0.600. The first kappa shape index (κ1) is 38.8. The highest BCUT2D eigenvalue weighted by atomic mass is 16.5. The monoisotopic (exact) mass is 634 g/mol. The Morgan fingerprint density at radius 3 is 1.93 bits per heavy atom. The molecule has 4 amide bonds. The molecule has 0 saturated carbocycles. The van der Waals surface area contributed by atoms with Crippen LogP contribution in [-0.4, -0.2) is 84.1 Å². The number of benzene rings is 1. The summed E-state index contributed by atoms with van der Waals surface area (Å²) < 4.78 is 5.65. The highest BCUT2D eigenvalue weighted by Crippen LogP contribution is 2.14. The molecule has 0 saturated heterocycles. The number of hydrogen-bond donors (Lipinski definition) is 8. The van der Waals surface area contributed by atoms with Crippen LogP contribution in [0.15, 0.2) is 35.3 Å². The van der Waals surface area contributed by atoms with Gasteiger partial charge >= 0.3 is 5.97 Å². The van der Waals surface area contributed by atoms with Gasteiger partial charge in [0.05, 0.1) is 6.61 Å². The number of guanidine groups is 1. The van der Waals surface area contributed by atoms with Crippen LogP contribution < -0.4 is 38.9 Å². The fourth-order valence-corrected chi connectivity index (χ4v) is 4.29. The van der Waals surface area contributed by atoms with Crippen molar-refractivity contribution in [1.29, 1.82) is 0 Å². The summed E-state index contributed by atoms with van der Waals surface area (Å²) in [6, 6.07) is 4.24. The smallest absolute Gasteiger partial charge is 0.329 e. The molecule has 0 heterocycles. The van der Waals surface area contributed by atoms with Crippen molar-refractivity contribution in [2.24, 2.45) is 39.8 Å². The van der Waals surface area contributed by atoms with Crippen molar-refractivity contribution in [3.63, 3.8) is 0 Å². The maximum Gasteiger partial charge on any atom is 0.329 e. The number of carbonyl (C=O) groups excluding carboxylic acids is 5. The Kier molecular flexibility index (Phi) is 17.2. The summed E-state index contributed by atoms with van der Waals surface area (Å²) in [4.78, 5) is 68.6. The van der Waals surface area contributed by atoms with E-state index in [9.17, 15) is 29.1 Å². The van der Waals surface area contributed by atoms with Gasteiger partial charge in [0, 0.05) is 13.0 Å². The normalized spacial score (nSPS) is 14.4. The SMILES string of the molecule is CC(C)C[C@H](NC(=O)[C@H](CC(C)C)OC(=O)[C@H](Cc1ccccc1)NC(=O)[C@@H](N)CO)C(=O)N[C@@H](CCCN=C(N)N)C(N)=O. The molecule has 0 aliphatic carbocycles. The quantitative estimate of drug-likeness (QED) is 0.0358. The molecule has 15 nitrogen and oxygen atoms in total. The molecule has 5 atom stereocenters. The topological polar surface area (TPSA) is 267 Å². The maximum absolute atomic E-state index is 13.5. The van der Waals surface area contributed by atoms with Crippen molar-refractivity contribution in [2.45, 2.75) is 90.1 Å². The second kappa shape index (κ2) is 19.9. The van der Waals surface area contributed by atoms with Gasteiger partial charge in [-0.3, -0.25) is 24.2 Å². The van der Waals surface area contributed by atoms with Crippen molar-refractivity contribution in [3.05, 3.63) is 35.9 Å². The van der Waals surface area contributed by atoms with E-state index in [2.05, 4.69) is 20.9 Å². The second-order valence-electron chi connectivity index (χ2n) is 11.7. The van der Waals surface area contributed by atoms with Gasteiger partial charge in [0.2, 0.25) is 17.7 Å². The van der Waals surface area contributed by atoms with Gasteiger partial charge in [0.15, 0.2) is 12.1 Å². The molecule has 252 valence electrons. The Bertz CT molecular complexity index is 1140. The molecular formula is C30H50N8O7. The van der Waals surface area contributed by atoms with E-state index in [0.29, 0.717) is 12.0 Å². The zero-order valence-corrected chi connectivity index (χ0v) is 26.5. The first-order chi connectivity index (χ1) is 21.1. The molecule has 12 N–H and O–H groups in total. The van der Waals surface area contributed by atoms with Crippen molar-refractivity contribution >= 4 is 35.6 Å². The number of esters is 1. The Balaban J connectivity index is 3.15. The number of aliphatic imine (C=N–C) groups is 1. The molecule has 0 spiro atoms. The van der Waals surface area contributed by atoms with Gasteiger partial charge in [-0.2, -0.15) is 0 Å². The van der Waals surface area contributed by atoms with Crippen LogP contribution in [0.25, 0.3) is 0 Å². The average molecular weight is 635 g/mol. The number of ether oxygens (including phenoxy) is 1. The van der Waals surface area contributed by atoms with Crippen molar-refractivity contribution in [2.75, 3.05) is 13.2 Å². The number of rotatable bonds is 20. The van der Waals surface area contributed by atoms with Crippen LogP contribution in [-0.2, 0) is 35.1 Å².